The van der Waals surface area contributed by atoms with E-state index in [1.807, 2.05) is 23.6 Å². The molecule has 2 rings (SSSR count). The van der Waals surface area contributed by atoms with Crippen LogP contribution in [0.2, 0.25) is 0 Å². The molecule has 116 valence electrons. The van der Waals surface area contributed by atoms with Crippen molar-refractivity contribution in [2.45, 2.75) is 37.2 Å². The molecular formula is C14H20N2O2S3. The van der Waals surface area contributed by atoms with Crippen LogP contribution in [0.25, 0.3) is 0 Å². The first-order valence-electron chi connectivity index (χ1n) is 6.70. The van der Waals surface area contributed by atoms with E-state index in [4.69, 9.17) is 0 Å². The fraction of sp³-hybridized carbons (Fsp3) is 0.429. The average molecular weight is 345 g/mol. The van der Waals surface area contributed by atoms with Crippen molar-refractivity contribution in [1.29, 1.82) is 0 Å². The second kappa shape index (κ2) is 7.02. The number of thiophene rings is 2. The van der Waals surface area contributed by atoms with Crippen LogP contribution in [0, 0.1) is 0 Å². The van der Waals surface area contributed by atoms with E-state index in [-0.39, 0.29) is 0 Å². The second-order valence-corrected chi connectivity index (χ2v) is 9.57. The van der Waals surface area contributed by atoms with Gasteiger partial charge in [0.05, 0.1) is 0 Å². The summed E-state index contributed by atoms with van der Waals surface area (Å²) in [6.45, 7) is 5.25. The second-order valence-electron chi connectivity index (χ2n) is 5.10. The zero-order chi connectivity index (χ0) is 15.5. The average Bonchev–Trinajstić information content (AvgIpc) is 3.07. The largest absolute Gasteiger partial charge is 0.310 e. The molecule has 0 amide bonds. The Morgan fingerprint density at radius 3 is 2.62 bits per heavy atom. The van der Waals surface area contributed by atoms with Gasteiger partial charge < -0.3 is 5.32 Å². The molecule has 0 aliphatic rings. The highest BCUT2D eigenvalue weighted by Gasteiger charge is 2.23. The van der Waals surface area contributed by atoms with Gasteiger partial charge in [0.2, 0.25) is 0 Å². The molecule has 21 heavy (non-hydrogen) atoms. The van der Waals surface area contributed by atoms with E-state index in [2.05, 4.69) is 19.2 Å². The Morgan fingerprint density at radius 1 is 1.24 bits per heavy atom. The molecule has 0 radical (unpaired) electrons. The van der Waals surface area contributed by atoms with Crippen LogP contribution in [0.5, 0.6) is 0 Å². The molecule has 0 saturated carbocycles. The van der Waals surface area contributed by atoms with Gasteiger partial charge in [0.25, 0.3) is 10.0 Å². The molecule has 0 aliphatic heterocycles. The highest BCUT2D eigenvalue weighted by molar-refractivity contribution is 7.91. The topological polar surface area (TPSA) is 49.4 Å². The lowest BCUT2D eigenvalue weighted by molar-refractivity contribution is 0.471. The van der Waals surface area contributed by atoms with E-state index < -0.39 is 10.0 Å². The summed E-state index contributed by atoms with van der Waals surface area (Å²) in [6, 6.07) is 7.84. The Balaban J connectivity index is 2.08. The molecule has 2 aromatic rings. The molecular weight excluding hydrogens is 324 g/mol. The number of nitrogens with zero attached hydrogens (tertiary/aromatic N) is 1. The van der Waals surface area contributed by atoms with Gasteiger partial charge in [0, 0.05) is 35.9 Å². The summed E-state index contributed by atoms with van der Waals surface area (Å²) in [5.74, 6) is 0. The van der Waals surface area contributed by atoms with Crippen LogP contribution in [0.1, 0.15) is 23.6 Å². The quantitative estimate of drug-likeness (QED) is 0.839. The lowest BCUT2D eigenvalue weighted by Gasteiger charge is -2.14. The summed E-state index contributed by atoms with van der Waals surface area (Å²) in [6.07, 6.45) is 0. The van der Waals surface area contributed by atoms with Crippen LogP contribution in [-0.4, -0.2) is 25.8 Å². The SMILES string of the molecule is CC(C)NCc1ccc(S(=O)(=O)N(C)Cc2cccs2)s1. The number of nitrogens with one attached hydrogen (secondary N) is 1. The predicted molar refractivity (Wildman–Crippen MR) is 89.3 cm³/mol. The third kappa shape index (κ3) is 4.37. The Labute approximate surface area is 134 Å². The summed E-state index contributed by atoms with van der Waals surface area (Å²) >= 11 is 2.90. The maximum absolute atomic E-state index is 12.5. The van der Waals surface area contributed by atoms with Gasteiger partial charge in [-0.05, 0) is 23.6 Å². The number of sulfonamides is 1. The van der Waals surface area contributed by atoms with Crippen molar-refractivity contribution in [2.24, 2.45) is 0 Å². The van der Waals surface area contributed by atoms with Gasteiger partial charge in [0.15, 0.2) is 0 Å². The standard InChI is InChI=1S/C14H20N2O2S3/c1-11(2)15-9-12-6-7-14(20-12)21(17,18)16(3)10-13-5-4-8-19-13/h4-8,11,15H,9-10H2,1-3H3. The molecule has 0 saturated heterocycles. The van der Waals surface area contributed by atoms with Crippen molar-refractivity contribution >= 4 is 32.7 Å². The molecule has 0 atom stereocenters. The maximum atomic E-state index is 12.5. The van der Waals surface area contributed by atoms with Crippen LogP contribution < -0.4 is 5.32 Å². The van der Waals surface area contributed by atoms with Gasteiger partial charge >= 0.3 is 0 Å². The molecule has 0 aromatic carbocycles. The Kier molecular flexibility index (Phi) is 5.56. The highest BCUT2D eigenvalue weighted by Crippen LogP contribution is 2.25. The molecule has 1 N–H and O–H groups in total. The smallest absolute Gasteiger partial charge is 0.252 e. The third-order valence-electron chi connectivity index (χ3n) is 2.94. The van der Waals surface area contributed by atoms with E-state index in [9.17, 15) is 8.42 Å². The maximum Gasteiger partial charge on any atom is 0.252 e. The van der Waals surface area contributed by atoms with Crippen LogP contribution >= 0.6 is 22.7 Å². The zero-order valence-electron chi connectivity index (χ0n) is 12.4. The highest BCUT2D eigenvalue weighted by atomic mass is 32.2. The molecule has 0 aliphatic carbocycles. The molecule has 0 fully saturated rings. The van der Waals surface area contributed by atoms with Gasteiger partial charge in [-0.15, -0.1) is 22.7 Å². The number of hydrogen-bond donors (Lipinski definition) is 1. The third-order valence-corrected chi connectivity index (χ3v) is 7.16. The lowest BCUT2D eigenvalue weighted by Crippen LogP contribution is -2.25. The van der Waals surface area contributed by atoms with Gasteiger partial charge in [-0.2, -0.15) is 4.31 Å². The minimum Gasteiger partial charge on any atom is -0.310 e. The summed E-state index contributed by atoms with van der Waals surface area (Å²) in [7, 11) is -1.78. The normalized spacial score (nSPS) is 12.4. The van der Waals surface area contributed by atoms with Crippen LogP contribution in [0.4, 0.5) is 0 Å². The van der Waals surface area contributed by atoms with Crippen LogP contribution in [0.3, 0.4) is 0 Å². The van der Waals surface area contributed by atoms with Crippen LogP contribution in [0.15, 0.2) is 33.9 Å². The van der Waals surface area contributed by atoms with Crippen molar-refractivity contribution < 1.29 is 8.42 Å². The first-order valence-corrected chi connectivity index (χ1v) is 9.84. The fourth-order valence-corrected chi connectivity index (χ4v) is 5.26. The van der Waals surface area contributed by atoms with Gasteiger partial charge in [-0.1, -0.05) is 19.9 Å². The molecule has 0 unspecified atom stereocenters. The lowest BCUT2D eigenvalue weighted by atomic mass is 10.4. The molecule has 7 heteroatoms. The molecule has 2 aromatic heterocycles. The molecule has 4 nitrogen and oxygen atoms in total. The van der Waals surface area contributed by atoms with E-state index in [0.717, 1.165) is 9.75 Å². The first kappa shape index (κ1) is 16.6. The molecule has 0 spiro atoms. The first-order chi connectivity index (χ1) is 9.89. The van der Waals surface area contributed by atoms with Crippen molar-refractivity contribution in [2.75, 3.05) is 7.05 Å². The Morgan fingerprint density at radius 2 is 2.00 bits per heavy atom. The van der Waals surface area contributed by atoms with Crippen molar-refractivity contribution in [1.82, 2.24) is 9.62 Å². The van der Waals surface area contributed by atoms with E-state index in [1.54, 1.807) is 24.5 Å². The Bertz CT molecular complexity index is 660. The fourth-order valence-electron chi connectivity index (χ4n) is 1.76. The van der Waals surface area contributed by atoms with Gasteiger partial charge in [-0.25, -0.2) is 8.42 Å². The van der Waals surface area contributed by atoms with Crippen molar-refractivity contribution in [3.8, 4) is 0 Å². The monoisotopic (exact) mass is 344 g/mol. The number of rotatable bonds is 7. The zero-order valence-corrected chi connectivity index (χ0v) is 14.8. The molecule has 2 heterocycles. The van der Waals surface area contributed by atoms with E-state index in [1.165, 1.54) is 15.6 Å². The molecule has 0 bridgehead atoms. The minimum absolute atomic E-state index is 0.383. The minimum atomic E-state index is -3.40. The number of hydrogen-bond acceptors (Lipinski definition) is 5. The summed E-state index contributed by atoms with van der Waals surface area (Å²) in [5, 5.41) is 5.25. The van der Waals surface area contributed by atoms with Gasteiger partial charge in [-0.3, -0.25) is 0 Å². The summed E-state index contributed by atoms with van der Waals surface area (Å²) in [5.41, 5.74) is 0. The Hall–Kier alpha value is -0.730. The summed E-state index contributed by atoms with van der Waals surface area (Å²) < 4.78 is 26.9. The van der Waals surface area contributed by atoms with Crippen molar-refractivity contribution in [3.63, 3.8) is 0 Å². The van der Waals surface area contributed by atoms with E-state index in [0.29, 0.717) is 23.3 Å². The van der Waals surface area contributed by atoms with Crippen LogP contribution in [-0.2, 0) is 23.1 Å². The van der Waals surface area contributed by atoms with Gasteiger partial charge in [0.1, 0.15) is 4.21 Å². The van der Waals surface area contributed by atoms with E-state index >= 15 is 0 Å². The predicted octanol–water partition coefficient (Wildman–Crippen LogP) is 3.13. The van der Waals surface area contributed by atoms with Crippen molar-refractivity contribution in [3.05, 3.63) is 39.4 Å². The summed E-state index contributed by atoms with van der Waals surface area (Å²) in [4.78, 5) is 2.08.